The summed E-state index contributed by atoms with van der Waals surface area (Å²) in [5, 5.41) is 0. The summed E-state index contributed by atoms with van der Waals surface area (Å²) in [4.78, 5) is 0. The summed E-state index contributed by atoms with van der Waals surface area (Å²) in [6, 6.07) is 0. The molecule has 0 fully saturated rings. The molecule has 2 N–H and O–H groups in total. The molecular weight excluding hydrogens is 222 g/mol. The molecule has 24 valence electrons. The molecule has 0 spiro atoms. The molecule has 0 aliphatic rings. The Morgan fingerprint density at radius 2 is 1.75 bits per heavy atom. The predicted molar refractivity (Wildman–Crippen MR) is 14.4 cm³/mol. The van der Waals surface area contributed by atoms with Crippen LogP contribution in [0.15, 0.2) is 0 Å². The van der Waals surface area contributed by atoms with Crippen LogP contribution in [0.1, 0.15) is 0 Å². The van der Waals surface area contributed by atoms with Crippen LogP contribution in [0.5, 0.6) is 0 Å². The average Bonchev–Trinajstić information content (AvgIpc) is 0.918. The largest absolute Gasteiger partial charge is 2.00 e. The Labute approximate surface area is 40.8 Å². The Balaban J connectivity index is 0. The van der Waals surface area contributed by atoms with Gasteiger partial charge >= 0.3 is 21.1 Å². The summed E-state index contributed by atoms with van der Waals surface area (Å²) in [7, 11) is 0. The van der Waals surface area contributed by atoms with E-state index in [9.17, 15) is 0 Å². The number of nitrogens with two attached hydrogens (primary N) is 1. The van der Waals surface area contributed by atoms with E-state index in [1.54, 1.807) is 0 Å². The molecule has 2 heteroatoms. The minimum absolute atomic E-state index is 0. The van der Waals surface area contributed by atoms with E-state index in [2.05, 4.69) is 6.92 Å². The maximum absolute atomic E-state index is 4.74. The molecule has 0 saturated heterocycles. The van der Waals surface area contributed by atoms with Crippen molar-refractivity contribution in [1.82, 2.24) is 0 Å². The minimum Gasteiger partial charge on any atom is -0.360 e. The van der Waals surface area contributed by atoms with E-state index < -0.39 is 0 Å². The van der Waals surface area contributed by atoms with Gasteiger partial charge in [-0.1, -0.05) is 0 Å². The minimum atomic E-state index is 0. The third-order valence-corrected chi connectivity index (χ3v) is 0. The fraction of sp³-hybridized carbons (Fsp3) is 0.500. The molecule has 0 saturated carbocycles. The normalized spacial score (nSPS) is 4.50. The third-order valence-electron chi connectivity index (χ3n) is 0. The first kappa shape index (κ1) is 8.82. The van der Waals surface area contributed by atoms with Crippen molar-refractivity contribution in [2.24, 2.45) is 5.73 Å². The maximum Gasteiger partial charge on any atom is 2.00 e. The standard InChI is InChI=1S/C2H6N.W/c1-2-3;/h1-3H2;/q-1;+2. The summed E-state index contributed by atoms with van der Waals surface area (Å²) in [6.45, 7) is 3.76. The van der Waals surface area contributed by atoms with Crippen LogP contribution in [0.4, 0.5) is 0 Å². The molecule has 0 radical (unpaired) electrons. The zero-order valence-corrected chi connectivity index (χ0v) is 5.33. The average molecular weight is 228 g/mol. The first-order valence-corrected chi connectivity index (χ1v) is 0.908. The second kappa shape index (κ2) is 9.42. The molecule has 0 heterocycles. The van der Waals surface area contributed by atoms with E-state index in [4.69, 9.17) is 5.73 Å². The van der Waals surface area contributed by atoms with Gasteiger partial charge in [-0.15, -0.1) is 6.54 Å². The molecule has 0 aromatic carbocycles. The van der Waals surface area contributed by atoms with Crippen LogP contribution in [0.25, 0.3) is 0 Å². The Morgan fingerprint density at radius 1 is 1.75 bits per heavy atom. The fourth-order valence-corrected chi connectivity index (χ4v) is 0. The number of hydrogen-bond acceptors (Lipinski definition) is 1. The van der Waals surface area contributed by atoms with Crippen LogP contribution in [0, 0.1) is 6.92 Å². The van der Waals surface area contributed by atoms with Crippen LogP contribution in [-0.2, 0) is 21.1 Å². The molecule has 0 aromatic heterocycles. The van der Waals surface area contributed by atoms with Crippen molar-refractivity contribution in [3.05, 3.63) is 6.92 Å². The molecule has 0 amide bonds. The van der Waals surface area contributed by atoms with Gasteiger partial charge < -0.3 is 12.7 Å². The molecule has 0 aliphatic carbocycles. The third kappa shape index (κ3) is 17.1. The molecule has 0 unspecified atom stereocenters. The van der Waals surface area contributed by atoms with Gasteiger partial charge in [0.2, 0.25) is 0 Å². The van der Waals surface area contributed by atoms with E-state index >= 15 is 0 Å². The summed E-state index contributed by atoms with van der Waals surface area (Å²) in [6.07, 6.45) is 0. The van der Waals surface area contributed by atoms with Crippen molar-refractivity contribution >= 4 is 0 Å². The van der Waals surface area contributed by atoms with Crippen molar-refractivity contribution in [1.29, 1.82) is 0 Å². The van der Waals surface area contributed by atoms with Crippen LogP contribution < -0.4 is 5.73 Å². The SMILES string of the molecule is [CH2-]CN.[W+2]. The topological polar surface area (TPSA) is 26.0 Å². The van der Waals surface area contributed by atoms with E-state index in [0.717, 1.165) is 0 Å². The van der Waals surface area contributed by atoms with Crippen molar-refractivity contribution in [3.63, 3.8) is 0 Å². The first-order chi connectivity index (χ1) is 1.41. The van der Waals surface area contributed by atoms with Crippen LogP contribution in [0.3, 0.4) is 0 Å². The van der Waals surface area contributed by atoms with Crippen molar-refractivity contribution in [3.8, 4) is 0 Å². The summed E-state index contributed by atoms with van der Waals surface area (Å²) >= 11 is 0. The number of hydrogen-bond donors (Lipinski definition) is 1. The smallest absolute Gasteiger partial charge is 0.360 e. The summed E-state index contributed by atoms with van der Waals surface area (Å²) < 4.78 is 0. The summed E-state index contributed by atoms with van der Waals surface area (Å²) in [5.41, 5.74) is 4.74. The summed E-state index contributed by atoms with van der Waals surface area (Å²) in [5.74, 6) is 0. The van der Waals surface area contributed by atoms with Crippen molar-refractivity contribution in [2.45, 2.75) is 0 Å². The molecule has 0 rings (SSSR count). The molecule has 0 aliphatic heterocycles. The van der Waals surface area contributed by atoms with Gasteiger partial charge in [-0.3, -0.25) is 0 Å². The van der Waals surface area contributed by atoms with Gasteiger partial charge in [0.1, 0.15) is 0 Å². The molecule has 4 heavy (non-hydrogen) atoms. The molecular formula is C2H6NW+. The zero-order chi connectivity index (χ0) is 2.71. The predicted octanol–water partition coefficient (Wildman–Crippen LogP) is -0.223. The van der Waals surface area contributed by atoms with Gasteiger partial charge in [0, 0.05) is 0 Å². The van der Waals surface area contributed by atoms with Gasteiger partial charge in [-0.05, 0) is 0 Å². The van der Waals surface area contributed by atoms with Gasteiger partial charge in [0.05, 0.1) is 0 Å². The molecule has 0 aromatic rings. The maximum atomic E-state index is 4.74. The van der Waals surface area contributed by atoms with Crippen LogP contribution in [0.2, 0.25) is 0 Å². The van der Waals surface area contributed by atoms with Crippen molar-refractivity contribution < 1.29 is 21.1 Å². The second-order valence-corrected chi connectivity index (χ2v) is 0.289. The molecule has 0 bridgehead atoms. The van der Waals surface area contributed by atoms with E-state index in [-0.39, 0.29) is 21.1 Å². The monoisotopic (exact) mass is 228 g/mol. The Kier molecular flexibility index (Phi) is 20.8. The van der Waals surface area contributed by atoms with Gasteiger partial charge in [-0.25, -0.2) is 0 Å². The van der Waals surface area contributed by atoms with E-state index in [1.807, 2.05) is 0 Å². The van der Waals surface area contributed by atoms with Gasteiger partial charge in [-0.2, -0.15) is 0 Å². The second-order valence-electron chi connectivity index (χ2n) is 0.289. The molecule has 0 atom stereocenters. The van der Waals surface area contributed by atoms with Crippen LogP contribution in [-0.4, -0.2) is 6.54 Å². The van der Waals surface area contributed by atoms with E-state index in [1.165, 1.54) is 0 Å². The first-order valence-electron chi connectivity index (χ1n) is 0.908. The van der Waals surface area contributed by atoms with Crippen molar-refractivity contribution in [2.75, 3.05) is 6.54 Å². The van der Waals surface area contributed by atoms with Gasteiger partial charge in [0.15, 0.2) is 0 Å². The van der Waals surface area contributed by atoms with Crippen LogP contribution >= 0.6 is 0 Å². The van der Waals surface area contributed by atoms with Gasteiger partial charge in [0.25, 0.3) is 0 Å². The Morgan fingerprint density at radius 3 is 1.75 bits per heavy atom. The Bertz CT molecular complexity index is 6.00. The molecule has 1 nitrogen and oxygen atoms in total. The van der Waals surface area contributed by atoms with E-state index in [0.29, 0.717) is 6.54 Å². The number of rotatable bonds is 0. The quantitative estimate of drug-likeness (QED) is 0.569. The zero-order valence-electron chi connectivity index (χ0n) is 2.40. The fourth-order valence-electron chi connectivity index (χ4n) is 0. The Hall–Kier alpha value is 0.648.